The highest BCUT2D eigenvalue weighted by molar-refractivity contribution is 6.29. The molecule has 1 aliphatic rings. The molecule has 35 heavy (non-hydrogen) atoms. The number of carbonyl (C=O) groups is 1. The summed E-state index contributed by atoms with van der Waals surface area (Å²) < 4.78 is 27.4. The summed E-state index contributed by atoms with van der Waals surface area (Å²) in [4.78, 5) is 26.5. The molecule has 1 aliphatic heterocycles. The largest absolute Gasteiger partial charge is 0.476 e. The fourth-order valence-corrected chi connectivity index (χ4v) is 4.29. The highest BCUT2D eigenvalue weighted by Crippen LogP contribution is 2.34. The third-order valence-electron chi connectivity index (χ3n) is 6.05. The first-order valence-corrected chi connectivity index (χ1v) is 11.5. The van der Waals surface area contributed by atoms with Crippen LogP contribution in [0.1, 0.15) is 60.0 Å². The monoisotopic (exact) mass is 500 g/mol. The number of aromatic nitrogens is 3. The molecule has 0 aliphatic carbocycles. The summed E-state index contributed by atoms with van der Waals surface area (Å²) in [5.74, 6) is -3.69. The number of nitrogens with one attached hydrogen (secondary N) is 1. The smallest absolute Gasteiger partial charge is 0.356 e. The minimum atomic E-state index is -2.73. The average molecular weight is 501 g/mol. The quantitative estimate of drug-likeness (QED) is 0.443. The van der Waals surface area contributed by atoms with Gasteiger partial charge < -0.3 is 15.3 Å². The number of pyridine rings is 1. The SMILES string of the molecule is CCc1cc([C@@H](C)Nc2ccc(Cl)nc2C(=O)O)c2nc(N3CCC(F)(F)CC3)c(C#N)nc2c1. The number of fused-ring (bicyclic) bond motifs is 1. The Morgan fingerprint density at radius 1 is 1.29 bits per heavy atom. The molecule has 1 atom stereocenters. The van der Waals surface area contributed by atoms with Crippen LogP contribution < -0.4 is 10.2 Å². The number of hydrogen-bond acceptors (Lipinski definition) is 7. The Bertz CT molecular complexity index is 1330. The van der Waals surface area contributed by atoms with Crippen molar-refractivity contribution in [2.45, 2.75) is 45.1 Å². The molecule has 4 rings (SSSR count). The summed E-state index contributed by atoms with van der Waals surface area (Å²) in [5, 5.41) is 22.5. The van der Waals surface area contributed by atoms with Gasteiger partial charge in [0.1, 0.15) is 11.2 Å². The topological polar surface area (TPSA) is 115 Å². The van der Waals surface area contributed by atoms with Crippen LogP contribution in [0.4, 0.5) is 20.3 Å². The number of alkyl halides is 2. The molecular weight excluding hydrogens is 478 g/mol. The molecule has 0 spiro atoms. The Kier molecular flexibility index (Phi) is 6.72. The van der Waals surface area contributed by atoms with Crippen molar-refractivity contribution in [1.82, 2.24) is 15.0 Å². The van der Waals surface area contributed by atoms with Crippen LogP contribution in [0.2, 0.25) is 5.15 Å². The number of aromatic carboxylic acids is 1. The Labute approximate surface area is 205 Å². The van der Waals surface area contributed by atoms with E-state index in [0.29, 0.717) is 17.5 Å². The molecule has 1 saturated heterocycles. The van der Waals surface area contributed by atoms with Crippen molar-refractivity contribution in [1.29, 1.82) is 5.26 Å². The van der Waals surface area contributed by atoms with Gasteiger partial charge in [0, 0.05) is 31.5 Å². The van der Waals surface area contributed by atoms with Gasteiger partial charge in [-0.05, 0) is 37.1 Å². The molecule has 3 aromatic rings. The van der Waals surface area contributed by atoms with E-state index in [2.05, 4.69) is 21.4 Å². The van der Waals surface area contributed by atoms with Crippen molar-refractivity contribution >= 4 is 40.1 Å². The van der Waals surface area contributed by atoms with Gasteiger partial charge in [-0.15, -0.1) is 0 Å². The van der Waals surface area contributed by atoms with Crippen LogP contribution in [0.15, 0.2) is 24.3 Å². The summed E-state index contributed by atoms with van der Waals surface area (Å²) in [6, 6.07) is 8.45. The van der Waals surface area contributed by atoms with Gasteiger partial charge in [0.05, 0.1) is 22.8 Å². The van der Waals surface area contributed by atoms with E-state index in [-0.39, 0.29) is 54.0 Å². The fourth-order valence-electron chi connectivity index (χ4n) is 4.14. The lowest BCUT2D eigenvalue weighted by molar-refractivity contribution is -0.0221. The summed E-state index contributed by atoms with van der Waals surface area (Å²) in [6.45, 7) is 3.96. The lowest BCUT2D eigenvalue weighted by Gasteiger charge is -2.33. The van der Waals surface area contributed by atoms with Gasteiger partial charge in [-0.2, -0.15) is 5.26 Å². The van der Waals surface area contributed by atoms with Crippen LogP contribution >= 0.6 is 11.6 Å². The normalized spacial score (nSPS) is 16.1. The van der Waals surface area contributed by atoms with Crippen LogP contribution in [0.5, 0.6) is 0 Å². The molecule has 8 nitrogen and oxygen atoms in total. The van der Waals surface area contributed by atoms with E-state index in [4.69, 9.17) is 16.6 Å². The maximum atomic E-state index is 13.7. The van der Waals surface area contributed by atoms with Gasteiger partial charge in [0.2, 0.25) is 0 Å². The van der Waals surface area contributed by atoms with Crippen molar-refractivity contribution in [2.24, 2.45) is 0 Å². The van der Waals surface area contributed by atoms with E-state index < -0.39 is 17.9 Å². The third-order valence-corrected chi connectivity index (χ3v) is 6.26. The van der Waals surface area contributed by atoms with E-state index in [0.717, 1.165) is 11.1 Å². The molecule has 11 heteroatoms. The number of anilines is 2. The molecule has 0 saturated carbocycles. The standard InChI is InChI=1S/C24H23ClF2N6O2/c1-3-14-10-15(13(2)29-16-4-5-19(25)31-21(16)23(34)35)20-17(11-14)30-18(12-28)22(32-20)33-8-6-24(26,27)7-9-33/h4-5,10-11,13,29H,3,6-9H2,1-2H3,(H,34,35)/t13-/m1/s1. The maximum Gasteiger partial charge on any atom is 0.356 e. The Hall–Kier alpha value is -3.58. The average Bonchev–Trinajstić information content (AvgIpc) is 2.83. The molecule has 0 unspecified atom stereocenters. The van der Waals surface area contributed by atoms with Gasteiger partial charge in [0.15, 0.2) is 17.2 Å². The third kappa shape index (κ3) is 5.10. The van der Waals surface area contributed by atoms with E-state index in [9.17, 15) is 23.9 Å². The van der Waals surface area contributed by atoms with Gasteiger partial charge >= 0.3 is 5.97 Å². The van der Waals surface area contributed by atoms with Crippen LogP contribution in [0, 0.1) is 11.3 Å². The molecular formula is C24H23ClF2N6O2. The Balaban J connectivity index is 1.80. The zero-order valence-electron chi connectivity index (χ0n) is 19.1. The molecule has 0 amide bonds. The second-order valence-electron chi connectivity index (χ2n) is 8.46. The first-order valence-electron chi connectivity index (χ1n) is 11.2. The van der Waals surface area contributed by atoms with Crippen LogP contribution in [0.25, 0.3) is 11.0 Å². The number of carboxylic acids is 1. The second kappa shape index (κ2) is 9.58. The minimum Gasteiger partial charge on any atom is -0.476 e. The van der Waals surface area contributed by atoms with Gasteiger partial charge in [0.25, 0.3) is 5.92 Å². The number of nitrogens with zero attached hydrogens (tertiary/aromatic N) is 5. The number of halogens is 3. The molecule has 1 aromatic carbocycles. The summed E-state index contributed by atoms with van der Waals surface area (Å²) in [7, 11) is 0. The fraction of sp³-hybridized carbons (Fsp3) is 0.375. The van der Waals surface area contributed by atoms with Crippen molar-refractivity contribution in [3.63, 3.8) is 0 Å². The van der Waals surface area contributed by atoms with E-state index in [1.807, 2.05) is 26.0 Å². The van der Waals surface area contributed by atoms with Crippen molar-refractivity contribution < 1.29 is 18.7 Å². The van der Waals surface area contributed by atoms with Crippen LogP contribution in [-0.2, 0) is 6.42 Å². The summed E-state index contributed by atoms with van der Waals surface area (Å²) in [6.07, 6.45) is 0.0580. The Morgan fingerprint density at radius 3 is 2.63 bits per heavy atom. The van der Waals surface area contributed by atoms with Crippen molar-refractivity contribution in [3.8, 4) is 6.07 Å². The number of carboxylic acid groups (broad SMARTS) is 1. The first kappa shape index (κ1) is 24.5. The molecule has 0 radical (unpaired) electrons. The first-order chi connectivity index (χ1) is 16.6. The number of piperidine rings is 1. The zero-order valence-corrected chi connectivity index (χ0v) is 19.9. The predicted octanol–water partition coefficient (Wildman–Crippen LogP) is 5.22. The van der Waals surface area contributed by atoms with E-state index >= 15 is 0 Å². The number of nitriles is 1. The molecule has 2 N–H and O–H groups in total. The molecule has 3 heterocycles. The summed E-state index contributed by atoms with van der Waals surface area (Å²) in [5.41, 5.74) is 2.84. The summed E-state index contributed by atoms with van der Waals surface area (Å²) >= 11 is 5.87. The van der Waals surface area contributed by atoms with Crippen LogP contribution in [0.3, 0.4) is 0 Å². The molecule has 0 bridgehead atoms. The predicted molar refractivity (Wildman–Crippen MR) is 128 cm³/mol. The van der Waals surface area contributed by atoms with Crippen LogP contribution in [-0.4, -0.2) is 45.0 Å². The number of rotatable bonds is 6. The number of benzene rings is 1. The number of aryl methyl sites for hydroxylation is 1. The van der Waals surface area contributed by atoms with Crippen molar-refractivity contribution in [2.75, 3.05) is 23.3 Å². The molecule has 1 fully saturated rings. The highest BCUT2D eigenvalue weighted by Gasteiger charge is 2.35. The van der Waals surface area contributed by atoms with E-state index in [1.165, 1.54) is 6.07 Å². The maximum absolute atomic E-state index is 13.7. The lowest BCUT2D eigenvalue weighted by Crippen LogP contribution is -2.40. The van der Waals surface area contributed by atoms with Gasteiger partial charge in [-0.1, -0.05) is 24.6 Å². The zero-order chi connectivity index (χ0) is 25.3. The lowest BCUT2D eigenvalue weighted by atomic mass is 10.0. The Morgan fingerprint density at radius 2 is 2.00 bits per heavy atom. The van der Waals surface area contributed by atoms with Gasteiger partial charge in [-0.3, -0.25) is 0 Å². The molecule has 182 valence electrons. The number of hydrogen-bond donors (Lipinski definition) is 2. The van der Waals surface area contributed by atoms with Crippen molar-refractivity contribution in [3.05, 3.63) is 51.9 Å². The minimum absolute atomic E-state index is 0.0608. The molecule has 2 aromatic heterocycles. The van der Waals surface area contributed by atoms with E-state index in [1.54, 1.807) is 11.0 Å². The second-order valence-corrected chi connectivity index (χ2v) is 8.85. The van der Waals surface area contributed by atoms with Gasteiger partial charge in [-0.25, -0.2) is 28.5 Å². The highest BCUT2D eigenvalue weighted by atomic mass is 35.5.